The first-order valence-corrected chi connectivity index (χ1v) is 11.8. The summed E-state index contributed by atoms with van der Waals surface area (Å²) in [5, 5.41) is 5.72. The van der Waals surface area contributed by atoms with Crippen molar-refractivity contribution in [2.24, 2.45) is 23.3 Å². The standard InChI is InChI=1S/C24H30FN5O5/c1-35-19-7-6-15(25)20-14(19)11-17(22(27)32)30(20)18(9-12-4-5-12)24(34)29-16(21(26)31)10-13-3-2-8-28-23(13)33/h6-7,11-13,16,18H,2-5,8-10H2,1H3,(H2,26,31)(H2,27,32)(H,28,33)(H,29,34)/t13-,16-,18-/m0/s1. The van der Waals surface area contributed by atoms with Crippen LogP contribution in [0.15, 0.2) is 18.2 Å². The first-order valence-electron chi connectivity index (χ1n) is 11.8. The molecular formula is C24H30FN5O5. The molecule has 3 atom stereocenters. The van der Waals surface area contributed by atoms with Gasteiger partial charge in [-0.15, -0.1) is 0 Å². The molecule has 35 heavy (non-hydrogen) atoms. The van der Waals surface area contributed by atoms with Gasteiger partial charge in [-0.2, -0.15) is 0 Å². The lowest BCUT2D eigenvalue weighted by Gasteiger charge is -2.27. The van der Waals surface area contributed by atoms with Crippen LogP contribution in [0.4, 0.5) is 4.39 Å². The Balaban J connectivity index is 1.72. The van der Waals surface area contributed by atoms with Crippen molar-refractivity contribution in [3.8, 4) is 5.75 Å². The van der Waals surface area contributed by atoms with Gasteiger partial charge < -0.3 is 31.4 Å². The molecule has 188 valence electrons. The van der Waals surface area contributed by atoms with Crippen molar-refractivity contribution >= 4 is 34.5 Å². The maximum Gasteiger partial charge on any atom is 0.265 e. The minimum Gasteiger partial charge on any atom is -0.496 e. The number of benzene rings is 1. The van der Waals surface area contributed by atoms with E-state index < -0.39 is 41.5 Å². The molecule has 1 saturated carbocycles. The molecule has 0 spiro atoms. The Bertz CT molecular complexity index is 1170. The van der Waals surface area contributed by atoms with Crippen LogP contribution in [-0.4, -0.2) is 47.9 Å². The molecule has 0 unspecified atom stereocenters. The molecule has 1 aromatic heterocycles. The fourth-order valence-electron chi connectivity index (χ4n) is 4.82. The Morgan fingerprint density at radius 1 is 1.23 bits per heavy atom. The van der Waals surface area contributed by atoms with Crippen molar-refractivity contribution in [3.63, 3.8) is 0 Å². The van der Waals surface area contributed by atoms with Crippen LogP contribution < -0.4 is 26.8 Å². The Labute approximate surface area is 201 Å². The number of rotatable bonds is 10. The molecule has 2 aromatic rings. The van der Waals surface area contributed by atoms with E-state index in [1.54, 1.807) is 0 Å². The highest BCUT2D eigenvalue weighted by molar-refractivity contribution is 6.01. The maximum atomic E-state index is 15.1. The number of methoxy groups -OCH3 is 1. The smallest absolute Gasteiger partial charge is 0.265 e. The third kappa shape index (κ3) is 5.08. The van der Waals surface area contributed by atoms with Gasteiger partial charge in [0, 0.05) is 17.8 Å². The summed E-state index contributed by atoms with van der Waals surface area (Å²) in [6.07, 6.45) is 3.50. The second kappa shape index (κ2) is 9.93. The number of aromatic nitrogens is 1. The maximum absolute atomic E-state index is 15.1. The molecule has 11 heteroatoms. The molecule has 6 N–H and O–H groups in total. The Kier molecular flexibility index (Phi) is 6.95. The predicted molar refractivity (Wildman–Crippen MR) is 125 cm³/mol. The molecule has 1 saturated heterocycles. The van der Waals surface area contributed by atoms with E-state index in [0.717, 1.165) is 19.3 Å². The van der Waals surface area contributed by atoms with E-state index in [-0.39, 0.29) is 29.5 Å². The van der Waals surface area contributed by atoms with Gasteiger partial charge >= 0.3 is 0 Å². The lowest BCUT2D eigenvalue weighted by molar-refractivity contribution is -0.132. The van der Waals surface area contributed by atoms with Gasteiger partial charge in [-0.05, 0) is 49.8 Å². The minimum absolute atomic E-state index is 0.0150. The molecule has 2 heterocycles. The number of nitrogens with zero attached hydrogens (tertiary/aromatic N) is 1. The molecule has 2 aliphatic rings. The SMILES string of the molecule is COc1ccc(F)c2c1cc(C(N)=O)n2[C@@H](CC1CC1)C(=O)N[C@@H](C[C@@H]1CCCNC1=O)C(N)=O. The predicted octanol–water partition coefficient (Wildman–Crippen LogP) is 1.12. The molecule has 1 aliphatic carbocycles. The highest BCUT2D eigenvalue weighted by Gasteiger charge is 2.37. The van der Waals surface area contributed by atoms with Crippen molar-refractivity contribution < 1.29 is 28.3 Å². The summed E-state index contributed by atoms with van der Waals surface area (Å²) in [6.45, 7) is 0.567. The zero-order chi connectivity index (χ0) is 25.3. The molecule has 4 amide bonds. The van der Waals surface area contributed by atoms with Crippen molar-refractivity contribution in [2.45, 2.75) is 50.6 Å². The Morgan fingerprint density at radius 3 is 2.57 bits per heavy atom. The highest BCUT2D eigenvalue weighted by Crippen LogP contribution is 2.40. The van der Waals surface area contributed by atoms with E-state index in [1.165, 1.54) is 29.9 Å². The molecule has 2 fully saturated rings. The summed E-state index contributed by atoms with van der Waals surface area (Å²) < 4.78 is 21.7. The van der Waals surface area contributed by atoms with Gasteiger partial charge in [0.2, 0.25) is 17.7 Å². The second-order valence-electron chi connectivity index (χ2n) is 9.30. The number of nitrogens with two attached hydrogens (primary N) is 2. The molecule has 1 aromatic carbocycles. The number of halogens is 1. The van der Waals surface area contributed by atoms with Gasteiger partial charge in [-0.3, -0.25) is 19.2 Å². The van der Waals surface area contributed by atoms with E-state index in [4.69, 9.17) is 16.2 Å². The number of ether oxygens (including phenoxy) is 1. The summed E-state index contributed by atoms with van der Waals surface area (Å²) in [6, 6.07) is 1.91. The highest BCUT2D eigenvalue weighted by atomic mass is 19.1. The number of carbonyl (C=O) groups is 4. The largest absolute Gasteiger partial charge is 0.496 e. The summed E-state index contributed by atoms with van der Waals surface area (Å²) in [7, 11) is 1.42. The van der Waals surface area contributed by atoms with Crippen molar-refractivity contribution in [1.29, 1.82) is 0 Å². The fraction of sp³-hybridized carbons (Fsp3) is 0.500. The molecule has 0 radical (unpaired) electrons. The van der Waals surface area contributed by atoms with Crippen LogP contribution in [0.2, 0.25) is 0 Å². The van der Waals surface area contributed by atoms with E-state index in [1.807, 2.05) is 0 Å². The number of hydrogen-bond acceptors (Lipinski definition) is 5. The van der Waals surface area contributed by atoms with E-state index in [0.29, 0.717) is 30.5 Å². The van der Waals surface area contributed by atoms with Gasteiger partial charge in [-0.25, -0.2) is 4.39 Å². The summed E-state index contributed by atoms with van der Waals surface area (Å²) in [5.74, 6) is -2.97. The monoisotopic (exact) mass is 487 g/mol. The van der Waals surface area contributed by atoms with E-state index >= 15 is 4.39 Å². The number of piperidine rings is 1. The van der Waals surface area contributed by atoms with Crippen molar-refractivity contribution in [3.05, 3.63) is 29.7 Å². The average molecular weight is 488 g/mol. The summed E-state index contributed by atoms with van der Waals surface area (Å²) >= 11 is 0. The van der Waals surface area contributed by atoms with Gasteiger partial charge in [0.1, 0.15) is 29.3 Å². The van der Waals surface area contributed by atoms with Crippen molar-refractivity contribution in [1.82, 2.24) is 15.2 Å². The lowest BCUT2D eigenvalue weighted by atomic mass is 9.91. The topological polar surface area (TPSA) is 159 Å². The number of hydrogen-bond donors (Lipinski definition) is 4. The summed E-state index contributed by atoms with van der Waals surface area (Å²) in [4.78, 5) is 50.3. The number of carbonyl (C=O) groups excluding carboxylic acids is 4. The third-order valence-corrected chi connectivity index (χ3v) is 6.83. The third-order valence-electron chi connectivity index (χ3n) is 6.83. The van der Waals surface area contributed by atoms with Crippen LogP contribution in [0.3, 0.4) is 0 Å². The number of fused-ring (bicyclic) bond motifs is 1. The Hall–Kier alpha value is -3.63. The van der Waals surface area contributed by atoms with Gasteiger partial charge in [0.25, 0.3) is 5.91 Å². The molecule has 0 bridgehead atoms. The molecule has 10 nitrogen and oxygen atoms in total. The van der Waals surface area contributed by atoms with Crippen LogP contribution in [0.5, 0.6) is 5.75 Å². The quantitative estimate of drug-likeness (QED) is 0.395. The normalized spacial score (nSPS) is 19.6. The average Bonchev–Trinajstić information content (AvgIpc) is 3.55. The van der Waals surface area contributed by atoms with Crippen LogP contribution in [-0.2, 0) is 14.4 Å². The fourth-order valence-corrected chi connectivity index (χ4v) is 4.82. The summed E-state index contributed by atoms with van der Waals surface area (Å²) in [5.41, 5.74) is 11.2. The van der Waals surface area contributed by atoms with Crippen molar-refractivity contribution in [2.75, 3.05) is 13.7 Å². The second-order valence-corrected chi connectivity index (χ2v) is 9.30. The first kappa shape index (κ1) is 24.5. The van der Waals surface area contributed by atoms with E-state index in [9.17, 15) is 19.2 Å². The van der Waals surface area contributed by atoms with Crippen LogP contribution in [0, 0.1) is 17.7 Å². The van der Waals surface area contributed by atoms with Gasteiger partial charge in [0.05, 0.1) is 12.6 Å². The van der Waals surface area contributed by atoms with Crippen LogP contribution >= 0.6 is 0 Å². The van der Waals surface area contributed by atoms with Gasteiger partial charge in [0.15, 0.2) is 0 Å². The Morgan fingerprint density at radius 2 is 1.97 bits per heavy atom. The van der Waals surface area contributed by atoms with Crippen LogP contribution in [0.25, 0.3) is 10.9 Å². The number of primary amides is 2. The lowest BCUT2D eigenvalue weighted by Crippen LogP contribution is -2.50. The number of nitrogens with one attached hydrogen (secondary N) is 2. The zero-order valence-corrected chi connectivity index (χ0v) is 19.5. The molecule has 4 rings (SSSR count). The zero-order valence-electron chi connectivity index (χ0n) is 19.5. The molecule has 1 aliphatic heterocycles. The first-order chi connectivity index (χ1) is 16.7. The van der Waals surface area contributed by atoms with Gasteiger partial charge in [-0.1, -0.05) is 12.8 Å². The number of amides is 4. The van der Waals surface area contributed by atoms with E-state index in [2.05, 4.69) is 10.6 Å². The minimum atomic E-state index is -1.10. The van der Waals surface area contributed by atoms with Crippen LogP contribution in [0.1, 0.15) is 55.1 Å². The molecular weight excluding hydrogens is 457 g/mol.